The first kappa shape index (κ1) is 15.4. The van der Waals surface area contributed by atoms with Crippen molar-refractivity contribution in [2.75, 3.05) is 20.2 Å². The van der Waals surface area contributed by atoms with Gasteiger partial charge in [-0.1, -0.05) is 11.6 Å². The first-order chi connectivity index (χ1) is 11.7. The van der Waals surface area contributed by atoms with Gasteiger partial charge in [0.1, 0.15) is 0 Å². The van der Waals surface area contributed by atoms with Crippen LogP contribution in [0.2, 0.25) is 0 Å². The zero-order chi connectivity index (χ0) is 16.7. The van der Waals surface area contributed by atoms with Crippen molar-refractivity contribution in [3.05, 3.63) is 65.1 Å². The topological polar surface area (TPSA) is 41.3 Å². The predicted octanol–water partition coefficient (Wildman–Crippen LogP) is 2.91. The number of pyridine rings is 1. The van der Waals surface area contributed by atoms with Crippen LogP contribution in [0.5, 0.6) is 0 Å². The molecule has 0 bridgehead atoms. The van der Waals surface area contributed by atoms with Gasteiger partial charge in [-0.05, 0) is 49.4 Å². The van der Waals surface area contributed by atoms with E-state index >= 15 is 0 Å². The van der Waals surface area contributed by atoms with Gasteiger partial charge >= 0.3 is 0 Å². The van der Waals surface area contributed by atoms with Gasteiger partial charge < -0.3 is 14.6 Å². The lowest BCUT2D eigenvalue weighted by Crippen LogP contribution is -2.28. The molecule has 1 N–H and O–H groups in total. The summed E-state index contributed by atoms with van der Waals surface area (Å²) in [4.78, 5) is 6.49. The average molecular weight is 321 g/mol. The second-order valence-corrected chi connectivity index (χ2v) is 6.78. The van der Waals surface area contributed by atoms with Crippen molar-refractivity contribution in [3.63, 3.8) is 0 Å². The van der Waals surface area contributed by atoms with Gasteiger partial charge in [-0.25, -0.2) is 0 Å². The molecule has 0 aliphatic carbocycles. The van der Waals surface area contributed by atoms with Crippen LogP contribution in [-0.2, 0) is 13.0 Å². The van der Waals surface area contributed by atoms with Crippen LogP contribution in [-0.4, -0.2) is 39.8 Å². The third-order valence-electron chi connectivity index (χ3n) is 5.11. The molecule has 1 aliphatic rings. The molecule has 1 aromatic carbocycles. The quantitative estimate of drug-likeness (QED) is 0.806. The summed E-state index contributed by atoms with van der Waals surface area (Å²) in [5.41, 5.74) is 6.38. The Balaban J connectivity index is 1.98. The third-order valence-corrected chi connectivity index (χ3v) is 5.11. The highest BCUT2D eigenvalue weighted by atomic mass is 16.3. The van der Waals surface area contributed by atoms with Gasteiger partial charge in [0.05, 0.1) is 12.6 Å². The Morgan fingerprint density at radius 3 is 2.75 bits per heavy atom. The minimum absolute atomic E-state index is 0.0645. The van der Waals surface area contributed by atoms with Crippen LogP contribution in [0.25, 0.3) is 10.9 Å². The smallest absolute Gasteiger partial charge is 0.0820 e. The van der Waals surface area contributed by atoms with E-state index in [1.165, 1.54) is 27.7 Å². The number of fused-ring (bicyclic) bond motifs is 3. The molecule has 3 aromatic rings. The summed E-state index contributed by atoms with van der Waals surface area (Å²) in [7, 11) is 2.17. The van der Waals surface area contributed by atoms with E-state index in [9.17, 15) is 5.11 Å². The van der Waals surface area contributed by atoms with Gasteiger partial charge in [0, 0.05) is 48.5 Å². The third kappa shape index (κ3) is 2.43. The van der Waals surface area contributed by atoms with E-state index in [1.54, 1.807) is 12.4 Å². The Labute approximate surface area is 142 Å². The Kier molecular flexibility index (Phi) is 3.87. The van der Waals surface area contributed by atoms with E-state index in [0.29, 0.717) is 0 Å². The summed E-state index contributed by atoms with van der Waals surface area (Å²) in [5.74, 6) is 0. The number of hydrogen-bond acceptors (Lipinski definition) is 3. The molecule has 0 fully saturated rings. The van der Waals surface area contributed by atoms with Crippen LogP contribution in [0.1, 0.15) is 28.4 Å². The molecule has 0 saturated heterocycles. The van der Waals surface area contributed by atoms with Gasteiger partial charge in [-0.3, -0.25) is 4.98 Å². The van der Waals surface area contributed by atoms with E-state index < -0.39 is 0 Å². The molecule has 0 radical (unpaired) electrons. The maximum atomic E-state index is 10.2. The van der Waals surface area contributed by atoms with E-state index in [-0.39, 0.29) is 12.6 Å². The fourth-order valence-electron chi connectivity index (χ4n) is 3.92. The Hall–Kier alpha value is -2.17. The lowest BCUT2D eigenvalue weighted by molar-refractivity contribution is 0.245. The van der Waals surface area contributed by atoms with Crippen molar-refractivity contribution in [2.45, 2.75) is 25.9 Å². The number of aliphatic hydroxyl groups excluding tert-OH is 1. The number of nitrogens with zero attached hydrogens (tertiary/aromatic N) is 3. The van der Waals surface area contributed by atoms with Crippen LogP contribution in [0.4, 0.5) is 0 Å². The fourth-order valence-corrected chi connectivity index (χ4v) is 3.92. The molecule has 3 heterocycles. The molecule has 1 atom stereocenters. The fraction of sp³-hybridized carbons (Fsp3) is 0.350. The number of aliphatic hydroxyl groups is 1. The number of hydrogen-bond donors (Lipinski definition) is 1. The molecule has 1 aliphatic heterocycles. The summed E-state index contributed by atoms with van der Waals surface area (Å²) in [6.07, 6.45) is 4.61. The zero-order valence-electron chi connectivity index (χ0n) is 14.2. The summed E-state index contributed by atoms with van der Waals surface area (Å²) in [6.45, 7) is 4.25. The summed E-state index contributed by atoms with van der Waals surface area (Å²) in [5, 5.41) is 11.5. The number of benzene rings is 1. The highest BCUT2D eigenvalue weighted by molar-refractivity contribution is 5.87. The molecular weight excluding hydrogens is 298 g/mol. The Bertz CT molecular complexity index is 869. The van der Waals surface area contributed by atoms with Crippen molar-refractivity contribution in [1.29, 1.82) is 0 Å². The molecule has 0 spiro atoms. The zero-order valence-corrected chi connectivity index (χ0v) is 14.2. The maximum Gasteiger partial charge on any atom is 0.0820 e. The number of likely N-dealkylation sites (N-methyl/N-ethyl adjacent to an activating group) is 1. The molecule has 1 unspecified atom stereocenters. The second-order valence-electron chi connectivity index (χ2n) is 6.78. The molecule has 4 rings (SSSR count). The normalized spacial score (nSPS) is 16.3. The first-order valence-corrected chi connectivity index (χ1v) is 8.50. The number of aryl methyl sites for hydroxylation is 1. The summed E-state index contributed by atoms with van der Waals surface area (Å²) >= 11 is 0. The van der Waals surface area contributed by atoms with Crippen molar-refractivity contribution in [3.8, 4) is 0 Å². The Morgan fingerprint density at radius 1 is 1.21 bits per heavy atom. The molecule has 0 saturated carbocycles. The number of aromatic nitrogens is 2. The molecule has 4 nitrogen and oxygen atoms in total. The van der Waals surface area contributed by atoms with Gasteiger partial charge in [-0.15, -0.1) is 0 Å². The van der Waals surface area contributed by atoms with Crippen LogP contribution < -0.4 is 0 Å². The average Bonchev–Trinajstić information content (AvgIpc) is 2.90. The van der Waals surface area contributed by atoms with Gasteiger partial charge in [-0.2, -0.15) is 0 Å². The SMILES string of the molecule is Cc1ccc2c(c1)c1c(n2C(CO)c2ccncc2)CCN(C)C1. The largest absolute Gasteiger partial charge is 0.394 e. The Morgan fingerprint density at radius 2 is 2.00 bits per heavy atom. The minimum atomic E-state index is -0.0645. The summed E-state index contributed by atoms with van der Waals surface area (Å²) in [6, 6.07) is 10.6. The van der Waals surface area contributed by atoms with Crippen molar-refractivity contribution < 1.29 is 5.11 Å². The molecule has 24 heavy (non-hydrogen) atoms. The van der Waals surface area contributed by atoms with E-state index in [1.807, 2.05) is 12.1 Å². The highest BCUT2D eigenvalue weighted by Crippen LogP contribution is 2.35. The van der Waals surface area contributed by atoms with Gasteiger partial charge in [0.2, 0.25) is 0 Å². The summed E-state index contributed by atoms with van der Waals surface area (Å²) < 4.78 is 2.35. The first-order valence-electron chi connectivity index (χ1n) is 8.50. The molecule has 2 aromatic heterocycles. The lowest BCUT2D eigenvalue weighted by Gasteiger charge is -2.27. The molecule has 4 heteroatoms. The van der Waals surface area contributed by atoms with E-state index in [2.05, 4.69) is 46.6 Å². The minimum Gasteiger partial charge on any atom is -0.394 e. The van der Waals surface area contributed by atoms with Crippen LogP contribution >= 0.6 is 0 Å². The van der Waals surface area contributed by atoms with Gasteiger partial charge in [0.15, 0.2) is 0 Å². The van der Waals surface area contributed by atoms with Crippen molar-refractivity contribution in [1.82, 2.24) is 14.5 Å². The molecule has 124 valence electrons. The number of rotatable bonds is 3. The van der Waals surface area contributed by atoms with Gasteiger partial charge in [0.25, 0.3) is 0 Å². The van der Waals surface area contributed by atoms with Crippen LogP contribution in [0, 0.1) is 6.92 Å². The van der Waals surface area contributed by atoms with Crippen molar-refractivity contribution in [2.24, 2.45) is 0 Å². The van der Waals surface area contributed by atoms with Crippen molar-refractivity contribution >= 4 is 10.9 Å². The highest BCUT2D eigenvalue weighted by Gasteiger charge is 2.26. The second kappa shape index (κ2) is 6.04. The monoisotopic (exact) mass is 321 g/mol. The predicted molar refractivity (Wildman–Crippen MR) is 96.2 cm³/mol. The maximum absolute atomic E-state index is 10.2. The van der Waals surface area contributed by atoms with Crippen LogP contribution in [0.15, 0.2) is 42.7 Å². The standard InChI is InChI=1S/C20H23N3O/c1-14-3-4-18-16(11-14)17-12-22(2)10-7-19(17)23(18)20(13-24)15-5-8-21-9-6-15/h3-6,8-9,11,20,24H,7,10,12-13H2,1-2H3. The van der Waals surface area contributed by atoms with Crippen LogP contribution in [0.3, 0.4) is 0 Å². The van der Waals surface area contributed by atoms with E-state index in [0.717, 1.165) is 25.1 Å². The lowest BCUT2D eigenvalue weighted by atomic mass is 10.0. The molecular formula is C20H23N3O. The molecule has 0 amide bonds. The van der Waals surface area contributed by atoms with E-state index in [4.69, 9.17) is 0 Å².